The Morgan fingerprint density at radius 3 is 2.60 bits per heavy atom. The Balaban J connectivity index is 1.68. The molecule has 4 rings (SSSR count). The summed E-state index contributed by atoms with van der Waals surface area (Å²) < 4.78 is 6.65. The lowest BCUT2D eigenvalue weighted by Crippen LogP contribution is -2.34. The minimum atomic E-state index is -0.641. The fourth-order valence-corrected chi connectivity index (χ4v) is 4.23. The molecular formula is C22H17ClN2O4S. The maximum Gasteiger partial charge on any atom is 0.325 e. The average Bonchev–Trinajstić information content (AvgIpc) is 3.22. The third-order valence-corrected chi connectivity index (χ3v) is 5.92. The molecule has 6 nitrogen and oxygen atoms in total. The SMILES string of the molecule is COC(=O)CN1C(=O)S/C(=C\c2cn(Cc3ccc(Cl)cc3)c3ccccc23)C1=O. The second-order valence-corrected chi connectivity index (χ2v) is 8.13. The van der Waals surface area contributed by atoms with E-state index >= 15 is 0 Å². The molecule has 2 amide bonds. The van der Waals surface area contributed by atoms with E-state index in [0.717, 1.165) is 38.7 Å². The van der Waals surface area contributed by atoms with Crippen LogP contribution in [-0.4, -0.2) is 40.2 Å². The molecule has 152 valence electrons. The molecule has 0 saturated carbocycles. The number of methoxy groups -OCH3 is 1. The van der Waals surface area contributed by atoms with Gasteiger partial charge in [0.05, 0.1) is 12.0 Å². The maximum absolute atomic E-state index is 12.6. The summed E-state index contributed by atoms with van der Waals surface area (Å²) in [6, 6.07) is 15.5. The van der Waals surface area contributed by atoms with E-state index in [4.69, 9.17) is 11.6 Å². The normalized spacial score (nSPS) is 15.4. The van der Waals surface area contributed by atoms with E-state index in [0.29, 0.717) is 11.6 Å². The average molecular weight is 441 g/mol. The van der Waals surface area contributed by atoms with Crippen LogP contribution in [0.3, 0.4) is 0 Å². The second kappa shape index (κ2) is 8.38. The van der Waals surface area contributed by atoms with Crippen molar-refractivity contribution in [2.45, 2.75) is 6.54 Å². The quantitative estimate of drug-likeness (QED) is 0.430. The van der Waals surface area contributed by atoms with Crippen LogP contribution in [-0.2, 0) is 20.9 Å². The van der Waals surface area contributed by atoms with Gasteiger partial charge in [0.1, 0.15) is 6.54 Å². The molecule has 1 aliphatic rings. The van der Waals surface area contributed by atoms with Gasteiger partial charge in [0.25, 0.3) is 11.1 Å². The number of aromatic nitrogens is 1. The Morgan fingerprint density at radius 1 is 1.13 bits per heavy atom. The molecule has 1 aromatic heterocycles. The van der Waals surface area contributed by atoms with E-state index in [-0.39, 0.29) is 4.91 Å². The summed E-state index contributed by atoms with van der Waals surface area (Å²) in [7, 11) is 1.22. The number of benzene rings is 2. The highest BCUT2D eigenvalue weighted by Gasteiger charge is 2.36. The van der Waals surface area contributed by atoms with Crippen molar-refractivity contribution in [3.05, 3.63) is 75.8 Å². The van der Waals surface area contributed by atoms with E-state index in [1.165, 1.54) is 7.11 Å². The number of imide groups is 1. The highest BCUT2D eigenvalue weighted by Crippen LogP contribution is 2.34. The molecule has 2 aromatic carbocycles. The highest BCUT2D eigenvalue weighted by molar-refractivity contribution is 8.18. The number of amides is 2. The summed E-state index contributed by atoms with van der Waals surface area (Å²) in [4.78, 5) is 37.5. The standard InChI is InChI=1S/C22H17ClN2O4S/c1-29-20(26)13-25-21(27)19(30-22(25)28)10-15-12-24(18-5-3-2-4-17(15)18)11-14-6-8-16(23)9-7-14/h2-10,12H,11,13H2,1H3/b19-10-. The van der Waals surface area contributed by atoms with E-state index in [1.807, 2.05) is 54.7 Å². The van der Waals surface area contributed by atoms with Crippen LogP contribution in [0.25, 0.3) is 17.0 Å². The molecule has 1 saturated heterocycles. The van der Waals surface area contributed by atoms with Crippen LogP contribution < -0.4 is 0 Å². The van der Waals surface area contributed by atoms with Gasteiger partial charge in [-0.05, 0) is 41.6 Å². The molecule has 0 N–H and O–H groups in total. The van der Waals surface area contributed by atoms with Gasteiger partial charge < -0.3 is 9.30 Å². The molecule has 0 aliphatic carbocycles. The largest absolute Gasteiger partial charge is 0.468 e. The zero-order chi connectivity index (χ0) is 21.3. The van der Waals surface area contributed by atoms with E-state index in [2.05, 4.69) is 9.30 Å². The predicted octanol–water partition coefficient (Wildman–Crippen LogP) is 4.55. The van der Waals surface area contributed by atoms with Crippen molar-refractivity contribution in [1.82, 2.24) is 9.47 Å². The first-order chi connectivity index (χ1) is 14.5. The first-order valence-corrected chi connectivity index (χ1v) is 10.3. The van der Waals surface area contributed by atoms with Gasteiger partial charge in [-0.3, -0.25) is 19.3 Å². The summed E-state index contributed by atoms with van der Waals surface area (Å²) >= 11 is 6.80. The monoisotopic (exact) mass is 440 g/mol. The molecule has 0 radical (unpaired) electrons. The number of hydrogen-bond donors (Lipinski definition) is 0. The lowest BCUT2D eigenvalue weighted by Gasteiger charge is -2.09. The lowest BCUT2D eigenvalue weighted by molar-refractivity contribution is -0.143. The number of ether oxygens (including phenoxy) is 1. The Hall–Kier alpha value is -3.03. The molecule has 1 fully saturated rings. The summed E-state index contributed by atoms with van der Waals surface area (Å²) in [5.74, 6) is -1.14. The number of halogens is 1. The molecule has 2 heterocycles. The third kappa shape index (κ3) is 3.99. The fourth-order valence-electron chi connectivity index (χ4n) is 3.28. The third-order valence-electron chi connectivity index (χ3n) is 4.76. The molecule has 3 aromatic rings. The number of para-hydroxylation sites is 1. The summed E-state index contributed by atoms with van der Waals surface area (Å²) in [5, 5.41) is 1.16. The zero-order valence-corrected chi connectivity index (χ0v) is 17.6. The Bertz CT molecular complexity index is 1180. The summed E-state index contributed by atoms with van der Waals surface area (Å²) in [6.07, 6.45) is 3.65. The number of rotatable bonds is 5. The number of fused-ring (bicyclic) bond motifs is 1. The van der Waals surface area contributed by atoms with Crippen molar-refractivity contribution in [1.29, 1.82) is 0 Å². The van der Waals surface area contributed by atoms with E-state index < -0.39 is 23.7 Å². The molecule has 0 atom stereocenters. The van der Waals surface area contributed by atoms with Gasteiger partial charge in [-0.2, -0.15) is 0 Å². The molecule has 30 heavy (non-hydrogen) atoms. The summed E-state index contributed by atoms with van der Waals surface area (Å²) in [5.41, 5.74) is 2.92. The van der Waals surface area contributed by atoms with E-state index in [9.17, 15) is 14.4 Å². The maximum atomic E-state index is 12.6. The van der Waals surface area contributed by atoms with Crippen molar-refractivity contribution in [3.63, 3.8) is 0 Å². The smallest absolute Gasteiger partial charge is 0.325 e. The zero-order valence-electron chi connectivity index (χ0n) is 16.0. The number of thioether (sulfide) groups is 1. The predicted molar refractivity (Wildman–Crippen MR) is 117 cm³/mol. The van der Waals surface area contributed by atoms with Crippen molar-refractivity contribution in [2.75, 3.05) is 13.7 Å². The van der Waals surface area contributed by atoms with Gasteiger partial charge in [-0.1, -0.05) is 41.9 Å². The Labute approximate surface area is 182 Å². The van der Waals surface area contributed by atoms with Gasteiger partial charge in [0, 0.05) is 34.2 Å². The van der Waals surface area contributed by atoms with Gasteiger partial charge >= 0.3 is 5.97 Å². The number of esters is 1. The van der Waals surface area contributed by atoms with E-state index in [1.54, 1.807) is 6.08 Å². The van der Waals surface area contributed by atoms with Gasteiger partial charge in [0.2, 0.25) is 0 Å². The van der Waals surface area contributed by atoms with Crippen molar-refractivity contribution in [2.24, 2.45) is 0 Å². The number of carbonyl (C=O) groups excluding carboxylic acids is 3. The molecular weight excluding hydrogens is 424 g/mol. The number of hydrogen-bond acceptors (Lipinski definition) is 5. The number of nitrogens with zero attached hydrogens (tertiary/aromatic N) is 2. The fraction of sp³-hybridized carbons (Fsp3) is 0.136. The second-order valence-electron chi connectivity index (χ2n) is 6.70. The van der Waals surface area contributed by atoms with Crippen LogP contribution in [0.2, 0.25) is 5.02 Å². The van der Waals surface area contributed by atoms with Crippen LogP contribution in [0.15, 0.2) is 59.6 Å². The van der Waals surface area contributed by atoms with Crippen LogP contribution in [0, 0.1) is 0 Å². The molecule has 8 heteroatoms. The molecule has 1 aliphatic heterocycles. The molecule has 0 bridgehead atoms. The van der Waals surface area contributed by atoms with Crippen molar-refractivity contribution >= 4 is 57.5 Å². The number of carbonyl (C=O) groups is 3. The van der Waals surface area contributed by atoms with Gasteiger partial charge in [0.15, 0.2) is 0 Å². The first kappa shape index (κ1) is 20.3. The van der Waals surface area contributed by atoms with Crippen molar-refractivity contribution in [3.8, 4) is 0 Å². The van der Waals surface area contributed by atoms with Crippen molar-refractivity contribution < 1.29 is 19.1 Å². The lowest BCUT2D eigenvalue weighted by atomic mass is 10.1. The Kier molecular flexibility index (Phi) is 5.65. The van der Waals surface area contributed by atoms with Crippen LogP contribution in [0.4, 0.5) is 4.79 Å². The summed E-state index contributed by atoms with van der Waals surface area (Å²) in [6.45, 7) is 0.242. The topological polar surface area (TPSA) is 68.6 Å². The highest BCUT2D eigenvalue weighted by atomic mass is 35.5. The minimum absolute atomic E-state index is 0.276. The van der Waals surface area contributed by atoms with Gasteiger partial charge in [-0.25, -0.2) is 0 Å². The van der Waals surface area contributed by atoms with Crippen LogP contribution in [0.5, 0.6) is 0 Å². The van der Waals surface area contributed by atoms with Crippen LogP contribution in [0.1, 0.15) is 11.1 Å². The van der Waals surface area contributed by atoms with Gasteiger partial charge in [-0.15, -0.1) is 0 Å². The molecule has 0 unspecified atom stereocenters. The first-order valence-electron chi connectivity index (χ1n) is 9.11. The Morgan fingerprint density at radius 2 is 1.87 bits per heavy atom. The minimum Gasteiger partial charge on any atom is -0.468 e. The van der Waals surface area contributed by atoms with Crippen LogP contribution >= 0.6 is 23.4 Å². The molecule has 0 spiro atoms.